The molecule has 1 aromatic heterocycles. The van der Waals surface area contributed by atoms with E-state index in [-0.39, 0.29) is 22.5 Å². The molecule has 0 fully saturated rings. The maximum atomic E-state index is 13.9. The van der Waals surface area contributed by atoms with Gasteiger partial charge >= 0.3 is 0 Å². The molecule has 1 aliphatic rings. The quantitative estimate of drug-likeness (QED) is 0.297. The van der Waals surface area contributed by atoms with E-state index >= 15 is 0 Å². The van der Waals surface area contributed by atoms with Crippen LogP contribution in [0.5, 0.6) is 0 Å². The molecule has 0 radical (unpaired) electrons. The molecule has 1 atom stereocenters. The maximum absolute atomic E-state index is 13.9. The van der Waals surface area contributed by atoms with Crippen LogP contribution in [0.4, 0.5) is 5.69 Å². The van der Waals surface area contributed by atoms with Crippen LogP contribution in [0.2, 0.25) is 5.02 Å². The molecule has 0 saturated heterocycles. The Labute approximate surface area is 210 Å². The van der Waals surface area contributed by atoms with E-state index in [4.69, 9.17) is 16.0 Å². The fourth-order valence-corrected chi connectivity index (χ4v) is 4.88. The number of aryl methyl sites for hydroxylation is 3. The van der Waals surface area contributed by atoms with Gasteiger partial charge in [0.15, 0.2) is 5.43 Å². The summed E-state index contributed by atoms with van der Waals surface area (Å²) in [4.78, 5) is 29.3. The number of fused-ring (bicyclic) bond motifs is 2. The van der Waals surface area contributed by atoms with E-state index in [0.29, 0.717) is 27.2 Å². The SMILES string of the molecule is Cc1cc2oc3c(c(=O)c2cc1C)C(c1ccc(C(C)(C)C)cc1)N(c1ccc(C)c(Cl)c1)C3=O. The number of carbonyl (C=O) groups excluding carboxylic acids is 1. The van der Waals surface area contributed by atoms with Crippen LogP contribution in [0.25, 0.3) is 11.0 Å². The van der Waals surface area contributed by atoms with Gasteiger partial charge in [0.1, 0.15) is 5.58 Å². The van der Waals surface area contributed by atoms with Crippen molar-refractivity contribution in [1.29, 1.82) is 0 Å². The lowest BCUT2D eigenvalue weighted by atomic mass is 9.85. The van der Waals surface area contributed by atoms with Crippen LogP contribution in [0.3, 0.4) is 0 Å². The lowest BCUT2D eigenvalue weighted by Crippen LogP contribution is -2.29. The molecule has 0 bridgehead atoms. The number of rotatable bonds is 2. The Hall–Kier alpha value is -3.37. The summed E-state index contributed by atoms with van der Waals surface area (Å²) in [7, 11) is 0. The third-order valence-electron chi connectivity index (χ3n) is 7.01. The standard InChI is InChI=1S/C30H28ClNO3/c1-16-7-12-21(15-23(16)31)32-26(19-8-10-20(11-9-19)30(4,5)6)25-27(33)22-13-17(2)18(3)14-24(22)35-28(25)29(32)34/h7-15,26H,1-6H3. The molecular formula is C30H28ClNO3. The summed E-state index contributed by atoms with van der Waals surface area (Å²) in [6.45, 7) is 12.3. The first-order valence-electron chi connectivity index (χ1n) is 11.8. The highest BCUT2D eigenvalue weighted by Crippen LogP contribution is 2.42. The van der Waals surface area contributed by atoms with E-state index in [1.807, 2.05) is 57.2 Å². The van der Waals surface area contributed by atoms with Crippen molar-refractivity contribution in [3.05, 3.63) is 109 Å². The van der Waals surface area contributed by atoms with Crippen molar-refractivity contribution in [1.82, 2.24) is 0 Å². The summed E-state index contributed by atoms with van der Waals surface area (Å²) in [6, 6.07) is 16.7. The summed E-state index contributed by atoms with van der Waals surface area (Å²) >= 11 is 6.44. The molecule has 0 saturated carbocycles. The van der Waals surface area contributed by atoms with Gasteiger partial charge in [-0.05, 0) is 78.3 Å². The molecular weight excluding hydrogens is 458 g/mol. The van der Waals surface area contributed by atoms with Crippen molar-refractivity contribution in [2.24, 2.45) is 0 Å². The third-order valence-corrected chi connectivity index (χ3v) is 7.42. The zero-order valence-electron chi connectivity index (χ0n) is 20.8. The lowest BCUT2D eigenvalue weighted by molar-refractivity contribution is 0.0971. The molecule has 3 aromatic carbocycles. The normalized spacial score (nSPS) is 15.7. The molecule has 5 heteroatoms. The second kappa shape index (κ2) is 8.10. The van der Waals surface area contributed by atoms with Crippen LogP contribution in [0.15, 0.2) is 63.8 Å². The number of halogens is 1. The Bertz CT molecular complexity index is 1560. The van der Waals surface area contributed by atoms with Gasteiger partial charge in [0.25, 0.3) is 5.91 Å². The van der Waals surface area contributed by atoms with Gasteiger partial charge in [0.05, 0.1) is 17.0 Å². The molecule has 178 valence electrons. The molecule has 4 nitrogen and oxygen atoms in total. The minimum absolute atomic E-state index is 0.0171. The number of amides is 1. The fourth-order valence-electron chi connectivity index (χ4n) is 4.71. The average molecular weight is 486 g/mol. The average Bonchev–Trinajstić information content (AvgIpc) is 3.09. The van der Waals surface area contributed by atoms with Gasteiger partial charge in [-0.25, -0.2) is 0 Å². The molecule has 0 aliphatic carbocycles. The monoisotopic (exact) mass is 485 g/mol. The lowest BCUT2D eigenvalue weighted by Gasteiger charge is -2.26. The first-order valence-corrected chi connectivity index (χ1v) is 12.1. The number of hydrogen-bond acceptors (Lipinski definition) is 3. The van der Waals surface area contributed by atoms with Crippen molar-refractivity contribution in [2.75, 3.05) is 4.90 Å². The van der Waals surface area contributed by atoms with E-state index in [0.717, 1.165) is 22.3 Å². The molecule has 1 unspecified atom stereocenters. The summed E-state index contributed by atoms with van der Waals surface area (Å²) in [5.74, 6) is -0.255. The molecule has 35 heavy (non-hydrogen) atoms. The highest BCUT2D eigenvalue weighted by molar-refractivity contribution is 6.31. The smallest absolute Gasteiger partial charge is 0.295 e. The molecule has 1 aliphatic heterocycles. The number of benzene rings is 3. The van der Waals surface area contributed by atoms with Crippen molar-refractivity contribution in [2.45, 2.75) is 53.0 Å². The topological polar surface area (TPSA) is 50.5 Å². The van der Waals surface area contributed by atoms with Gasteiger partial charge in [-0.2, -0.15) is 0 Å². The number of anilines is 1. The van der Waals surface area contributed by atoms with E-state index in [2.05, 4.69) is 32.9 Å². The zero-order chi connectivity index (χ0) is 25.2. The molecule has 5 rings (SSSR count). The largest absolute Gasteiger partial charge is 0.450 e. The van der Waals surface area contributed by atoms with Gasteiger partial charge < -0.3 is 4.42 Å². The molecule has 0 spiro atoms. The van der Waals surface area contributed by atoms with Crippen molar-refractivity contribution in [3.63, 3.8) is 0 Å². The van der Waals surface area contributed by atoms with Crippen LogP contribution in [-0.4, -0.2) is 5.91 Å². The van der Waals surface area contributed by atoms with E-state index in [9.17, 15) is 9.59 Å². The van der Waals surface area contributed by atoms with Gasteiger partial charge in [-0.15, -0.1) is 0 Å². The Balaban J connectivity index is 1.79. The van der Waals surface area contributed by atoms with E-state index in [1.165, 1.54) is 5.56 Å². The first kappa shape index (κ1) is 23.4. The Morgan fingerprint density at radius 1 is 0.857 bits per heavy atom. The van der Waals surface area contributed by atoms with Crippen molar-refractivity contribution >= 4 is 34.2 Å². The summed E-state index contributed by atoms with van der Waals surface area (Å²) in [5.41, 5.74) is 6.16. The van der Waals surface area contributed by atoms with Crippen LogP contribution in [0.1, 0.15) is 70.7 Å². The minimum atomic E-state index is -0.618. The van der Waals surface area contributed by atoms with Crippen LogP contribution < -0.4 is 10.3 Å². The summed E-state index contributed by atoms with van der Waals surface area (Å²) < 4.78 is 6.14. The van der Waals surface area contributed by atoms with Crippen LogP contribution in [-0.2, 0) is 5.41 Å². The second-order valence-electron chi connectivity index (χ2n) is 10.5. The predicted molar refractivity (Wildman–Crippen MR) is 142 cm³/mol. The molecule has 4 aromatic rings. The first-order chi connectivity index (χ1) is 16.5. The van der Waals surface area contributed by atoms with Gasteiger partial charge in [0, 0.05) is 10.7 Å². The van der Waals surface area contributed by atoms with Gasteiger partial charge in [-0.1, -0.05) is 62.7 Å². The van der Waals surface area contributed by atoms with Gasteiger partial charge in [-0.3, -0.25) is 14.5 Å². The number of carbonyl (C=O) groups is 1. The minimum Gasteiger partial charge on any atom is -0.450 e. The van der Waals surface area contributed by atoms with Crippen LogP contribution in [0, 0.1) is 20.8 Å². The third kappa shape index (κ3) is 3.77. The molecule has 0 N–H and O–H groups in total. The summed E-state index contributed by atoms with van der Waals surface area (Å²) in [5, 5.41) is 1.04. The zero-order valence-corrected chi connectivity index (χ0v) is 21.6. The van der Waals surface area contributed by atoms with E-state index < -0.39 is 6.04 Å². The predicted octanol–water partition coefficient (Wildman–Crippen LogP) is 7.42. The summed E-state index contributed by atoms with van der Waals surface area (Å²) in [6.07, 6.45) is 0. The Kier molecular flexibility index (Phi) is 5.41. The molecule has 1 amide bonds. The Morgan fingerprint density at radius 2 is 1.51 bits per heavy atom. The van der Waals surface area contributed by atoms with Crippen LogP contribution >= 0.6 is 11.6 Å². The van der Waals surface area contributed by atoms with Crippen molar-refractivity contribution < 1.29 is 9.21 Å². The number of nitrogens with zero attached hydrogens (tertiary/aromatic N) is 1. The van der Waals surface area contributed by atoms with E-state index in [1.54, 1.807) is 11.0 Å². The van der Waals surface area contributed by atoms with Crippen molar-refractivity contribution in [3.8, 4) is 0 Å². The second-order valence-corrected chi connectivity index (χ2v) is 10.9. The van der Waals surface area contributed by atoms with Gasteiger partial charge in [0.2, 0.25) is 5.76 Å². The number of hydrogen-bond donors (Lipinski definition) is 0. The highest BCUT2D eigenvalue weighted by atomic mass is 35.5. The molecule has 2 heterocycles. The Morgan fingerprint density at radius 3 is 2.14 bits per heavy atom. The highest BCUT2D eigenvalue weighted by Gasteiger charge is 2.43. The maximum Gasteiger partial charge on any atom is 0.295 e. The fraction of sp³-hybridized carbons (Fsp3) is 0.267.